The highest BCUT2D eigenvalue weighted by Crippen LogP contribution is 2.28. The average Bonchev–Trinajstić information content (AvgIpc) is 2.64. The van der Waals surface area contributed by atoms with Crippen LogP contribution in [0.25, 0.3) is 11.5 Å². The van der Waals surface area contributed by atoms with Crippen molar-refractivity contribution < 1.29 is 9.45 Å². The van der Waals surface area contributed by atoms with Crippen LogP contribution in [0.4, 0.5) is 5.69 Å². The van der Waals surface area contributed by atoms with Gasteiger partial charge in [0.1, 0.15) is 0 Å². The molecule has 2 rings (SSSR count). The first-order valence-corrected chi connectivity index (χ1v) is 4.71. The van der Waals surface area contributed by atoms with Gasteiger partial charge >= 0.3 is 0 Å². The van der Waals surface area contributed by atoms with Crippen LogP contribution in [0.5, 0.6) is 0 Å². The maximum Gasteiger partial charge on any atom is 0.273 e. The molecule has 0 radical (unpaired) electrons. The van der Waals surface area contributed by atoms with Gasteiger partial charge in [-0.1, -0.05) is 6.07 Å². The zero-order chi connectivity index (χ0) is 11.7. The van der Waals surface area contributed by atoms with Crippen molar-refractivity contribution in [2.45, 2.75) is 6.92 Å². The summed E-state index contributed by atoms with van der Waals surface area (Å²) in [4.78, 5) is 14.1. The van der Waals surface area contributed by atoms with Gasteiger partial charge in [0.2, 0.25) is 0 Å². The summed E-state index contributed by atoms with van der Waals surface area (Å²) in [6, 6.07) is 4.63. The van der Waals surface area contributed by atoms with Gasteiger partial charge in [-0.25, -0.2) is 0 Å². The molecule has 0 spiro atoms. The lowest BCUT2D eigenvalue weighted by Gasteiger charge is -2.00. The normalized spacial score (nSPS) is 10.4. The summed E-state index contributed by atoms with van der Waals surface area (Å²) in [5, 5.41) is 14.1. The van der Waals surface area contributed by atoms with E-state index in [4.69, 9.17) is 16.1 Å². The Morgan fingerprint density at radius 3 is 2.81 bits per heavy atom. The van der Waals surface area contributed by atoms with Crippen molar-refractivity contribution in [1.82, 2.24) is 10.1 Å². The van der Waals surface area contributed by atoms with Crippen molar-refractivity contribution in [3.63, 3.8) is 0 Å². The molecule has 0 N–H and O–H groups in total. The van der Waals surface area contributed by atoms with Gasteiger partial charge in [0.25, 0.3) is 16.9 Å². The summed E-state index contributed by atoms with van der Waals surface area (Å²) < 4.78 is 4.85. The predicted molar refractivity (Wildman–Crippen MR) is 56.1 cm³/mol. The van der Waals surface area contributed by atoms with Crippen LogP contribution in [0, 0.1) is 17.0 Å². The van der Waals surface area contributed by atoms with Gasteiger partial charge in [0, 0.05) is 17.2 Å². The molecule has 1 heterocycles. The lowest BCUT2D eigenvalue weighted by Crippen LogP contribution is -1.93. The Kier molecular flexibility index (Phi) is 2.57. The molecule has 0 aliphatic carbocycles. The number of rotatable bonds is 2. The Morgan fingerprint density at radius 1 is 1.50 bits per heavy atom. The zero-order valence-electron chi connectivity index (χ0n) is 8.18. The molecule has 0 aliphatic heterocycles. The molecule has 0 atom stereocenters. The standard InChI is InChI=1S/C9H6ClN3O3/c1-5-6(8-11-9(10)12-16-8)3-2-4-7(5)13(14)15/h2-4H,1H3. The number of nitro groups is 1. The topological polar surface area (TPSA) is 82.1 Å². The molecule has 0 saturated carbocycles. The quantitative estimate of drug-likeness (QED) is 0.594. The van der Waals surface area contributed by atoms with E-state index in [9.17, 15) is 10.1 Å². The van der Waals surface area contributed by atoms with Crippen molar-refractivity contribution in [3.8, 4) is 11.5 Å². The van der Waals surface area contributed by atoms with E-state index in [1.54, 1.807) is 19.1 Å². The van der Waals surface area contributed by atoms with E-state index in [0.29, 0.717) is 11.1 Å². The fourth-order valence-corrected chi connectivity index (χ4v) is 1.48. The molecule has 1 aromatic heterocycles. The first kappa shape index (κ1) is 10.6. The first-order valence-electron chi connectivity index (χ1n) is 4.33. The summed E-state index contributed by atoms with van der Waals surface area (Å²) in [6.45, 7) is 1.62. The van der Waals surface area contributed by atoms with Crippen LogP contribution in [0.2, 0.25) is 5.28 Å². The summed E-state index contributed by atoms with van der Waals surface area (Å²) in [5.74, 6) is 0.172. The van der Waals surface area contributed by atoms with Crippen molar-refractivity contribution in [3.05, 3.63) is 39.2 Å². The highest BCUT2D eigenvalue weighted by atomic mass is 35.5. The van der Waals surface area contributed by atoms with Gasteiger partial charge in [0.15, 0.2) is 0 Å². The van der Waals surface area contributed by atoms with Crippen molar-refractivity contribution in [1.29, 1.82) is 0 Å². The van der Waals surface area contributed by atoms with E-state index < -0.39 is 4.92 Å². The second-order valence-corrected chi connectivity index (χ2v) is 3.41. The Balaban J connectivity index is 2.58. The van der Waals surface area contributed by atoms with Crippen LogP contribution >= 0.6 is 11.6 Å². The van der Waals surface area contributed by atoms with Crippen LogP contribution in [-0.2, 0) is 0 Å². The molecule has 0 saturated heterocycles. The van der Waals surface area contributed by atoms with Gasteiger partial charge in [-0.15, -0.1) is 0 Å². The second-order valence-electron chi connectivity index (χ2n) is 3.08. The van der Waals surface area contributed by atoms with Crippen LogP contribution < -0.4 is 0 Å². The molecule has 0 fully saturated rings. The number of halogens is 1. The highest BCUT2D eigenvalue weighted by Gasteiger charge is 2.17. The monoisotopic (exact) mass is 239 g/mol. The molecule has 0 unspecified atom stereocenters. The Labute approximate surface area is 95.0 Å². The van der Waals surface area contributed by atoms with Crippen LogP contribution in [-0.4, -0.2) is 15.1 Å². The number of hydrogen-bond donors (Lipinski definition) is 0. The predicted octanol–water partition coefficient (Wildman–Crippen LogP) is 2.61. The maximum atomic E-state index is 10.7. The van der Waals surface area contributed by atoms with E-state index in [-0.39, 0.29) is 16.9 Å². The van der Waals surface area contributed by atoms with Gasteiger partial charge in [-0.2, -0.15) is 4.98 Å². The number of benzene rings is 1. The Hall–Kier alpha value is -1.95. The molecule has 1 aromatic carbocycles. The lowest BCUT2D eigenvalue weighted by atomic mass is 10.1. The molecule has 0 amide bonds. The Bertz CT molecular complexity index is 553. The molecule has 7 heteroatoms. The summed E-state index contributed by atoms with van der Waals surface area (Å²) in [5.41, 5.74) is 0.980. The average molecular weight is 240 g/mol. The third-order valence-corrected chi connectivity index (χ3v) is 2.29. The minimum Gasteiger partial charge on any atom is -0.333 e. The molecule has 2 aromatic rings. The molecule has 0 bridgehead atoms. The third-order valence-electron chi connectivity index (χ3n) is 2.13. The minimum absolute atomic E-state index is 0.00632. The van der Waals surface area contributed by atoms with E-state index >= 15 is 0 Å². The second kappa shape index (κ2) is 3.90. The number of hydrogen-bond acceptors (Lipinski definition) is 5. The molecule has 82 valence electrons. The SMILES string of the molecule is Cc1c(-c2nc(Cl)no2)cccc1[N+](=O)[O-]. The van der Waals surface area contributed by atoms with Gasteiger partial charge in [0.05, 0.1) is 4.92 Å². The fourth-order valence-electron chi connectivity index (χ4n) is 1.37. The number of nitro benzene ring substituents is 1. The molecule has 0 aliphatic rings. The van der Waals surface area contributed by atoms with Crippen LogP contribution in [0.3, 0.4) is 0 Å². The van der Waals surface area contributed by atoms with E-state index in [1.807, 2.05) is 0 Å². The van der Waals surface area contributed by atoms with Gasteiger partial charge in [-0.05, 0) is 29.7 Å². The number of aromatic nitrogens is 2. The van der Waals surface area contributed by atoms with E-state index in [2.05, 4.69) is 10.1 Å². The van der Waals surface area contributed by atoms with Crippen molar-refractivity contribution >= 4 is 17.3 Å². The smallest absolute Gasteiger partial charge is 0.273 e. The first-order chi connectivity index (χ1) is 7.59. The fraction of sp³-hybridized carbons (Fsp3) is 0.111. The number of nitrogens with zero attached hydrogens (tertiary/aromatic N) is 3. The Morgan fingerprint density at radius 2 is 2.25 bits per heavy atom. The molecular formula is C9H6ClN3O3. The van der Waals surface area contributed by atoms with Gasteiger partial charge < -0.3 is 4.52 Å². The molecule has 6 nitrogen and oxygen atoms in total. The third kappa shape index (κ3) is 1.74. The minimum atomic E-state index is -0.461. The zero-order valence-corrected chi connectivity index (χ0v) is 8.93. The molecule has 16 heavy (non-hydrogen) atoms. The van der Waals surface area contributed by atoms with E-state index in [1.165, 1.54) is 6.07 Å². The van der Waals surface area contributed by atoms with Crippen LogP contribution in [0.15, 0.2) is 22.7 Å². The maximum absolute atomic E-state index is 10.7. The molecular weight excluding hydrogens is 234 g/mol. The largest absolute Gasteiger partial charge is 0.333 e. The summed E-state index contributed by atoms with van der Waals surface area (Å²) in [7, 11) is 0. The lowest BCUT2D eigenvalue weighted by molar-refractivity contribution is -0.385. The van der Waals surface area contributed by atoms with Crippen LogP contribution in [0.1, 0.15) is 5.56 Å². The highest BCUT2D eigenvalue weighted by molar-refractivity contribution is 6.28. The van der Waals surface area contributed by atoms with Gasteiger partial charge in [-0.3, -0.25) is 10.1 Å². The summed E-state index contributed by atoms with van der Waals surface area (Å²) in [6.07, 6.45) is 0. The summed E-state index contributed by atoms with van der Waals surface area (Å²) >= 11 is 5.52. The van der Waals surface area contributed by atoms with Crippen molar-refractivity contribution in [2.24, 2.45) is 0 Å². The van der Waals surface area contributed by atoms with E-state index in [0.717, 1.165) is 0 Å². The van der Waals surface area contributed by atoms with Crippen molar-refractivity contribution in [2.75, 3.05) is 0 Å².